The highest BCUT2D eigenvalue weighted by Crippen LogP contribution is 2.27. The lowest BCUT2D eigenvalue weighted by Gasteiger charge is -2.24. The van der Waals surface area contributed by atoms with Crippen LogP contribution in [0.2, 0.25) is 0 Å². The third-order valence-corrected chi connectivity index (χ3v) is 3.27. The molecular weight excluding hydrogens is 200 g/mol. The molecule has 2 N–H and O–H groups in total. The first kappa shape index (κ1) is 13.9. The van der Waals surface area contributed by atoms with Crippen LogP contribution in [-0.2, 0) is 4.74 Å². The topological polar surface area (TPSA) is 38.5 Å². The maximum absolute atomic E-state index is 5.69. The Balaban J connectivity index is 2.19. The van der Waals surface area contributed by atoms with Crippen LogP contribution in [-0.4, -0.2) is 43.3 Å². The van der Waals surface area contributed by atoms with Crippen molar-refractivity contribution in [3.8, 4) is 0 Å². The van der Waals surface area contributed by atoms with Crippen LogP contribution in [0.5, 0.6) is 0 Å². The summed E-state index contributed by atoms with van der Waals surface area (Å²) in [4.78, 5) is 2.63. The lowest BCUT2D eigenvalue weighted by molar-refractivity contribution is 0.0534. The predicted molar refractivity (Wildman–Crippen MR) is 68.6 cm³/mol. The third-order valence-electron chi connectivity index (χ3n) is 3.27. The molecule has 16 heavy (non-hydrogen) atoms. The van der Waals surface area contributed by atoms with E-state index in [4.69, 9.17) is 10.5 Å². The Hall–Kier alpha value is -0.120. The second kappa shape index (κ2) is 8.04. The lowest BCUT2D eigenvalue weighted by Crippen LogP contribution is -2.33. The zero-order chi connectivity index (χ0) is 11.8. The monoisotopic (exact) mass is 228 g/mol. The molecule has 1 atom stereocenters. The van der Waals surface area contributed by atoms with Gasteiger partial charge in [0.15, 0.2) is 0 Å². The Kier molecular flexibility index (Phi) is 7.01. The first-order chi connectivity index (χ1) is 7.81. The Morgan fingerprint density at radius 2 is 2.06 bits per heavy atom. The van der Waals surface area contributed by atoms with Crippen molar-refractivity contribution in [3.05, 3.63) is 0 Å². The van der Waals surface area contributed by atoms with Crippen LogP contribution in [0.4, 0.5) is 0 Å². The smallest absolute Gasteiger partial charge is 0.0709 e. The molecule has 1 aliphatic rings. The highest BCUT2D eigenvalue weighted by Gasteiger charge is 2.28. The molecule has 1 aliphatic carbocycles. The van der Waals surface area contributed by atoms with E-state index in [-0.39, 0.29) is 6.10 Å². The van der Waals surface area contributed by atoms with Crippen LogP contribution < -0.4 is 5.73 Å². The minimum absolute atomic E-state index is 0.257. The van der Waals surface area contributed by atoms with Crippen molar-refractivity contribution in [3.63, 3.8) is 0 Å². The molecule has 0 aliphatic heterocycles. The van der Waals surface area contributed by atoms with Gasteiger partial charge in [0, 0.05) is 25.7 Å². The predicted octanol–water partition coefficient (Wildman–Crippen LogP) is 2.00. The average Bonchev–Trinajstić information content (AvgIpc) is 3.11. The van der Waals surface area contributed by atoms with Crippen LogP contribution in [0.15, 0.2) is 0 Å². The molecule has 0 amide bonds. The van der Waals surface area contributed by atoms with Gasteiger partial charge in [-0.05, 0) is 39.2 Å². The molecule has 1 rings (SSSR count). The highest BCUT2D eigenvalue weighted by molar-refractivity contribution is 4.84. The number of nitrogens with zero attached hydrogens (tertiary/aromatic N) is 1. The largest absolute Gasteiger partial charge is 0.377 e. The molecule has 0 saturated heterocycles. The number of ether oxygens (including phenoxy) is 1. The summed E-state index contributed by atoms with van der Waals surface area (Å²) >= 11 is 0. The van der Waals surface area contributed by atoms with Crippen molar-refractivity contribution in [1.82, 2.24) is 4.90 Å². The van der Waals surface area contributed by atoms with Crippen molar-refractivity contribution in [2.45, 2.75) is 58.1 Å². The van der Waals surface area contributed by atoms with Gasteiger partial charge in [0.1, 0.15) is 0 Å². The summed E-state index contributed by atoms with van der Waals surface area (Å²) in [5, 5.41) is 0. The number of nitrogens with two attached hydrogens (primary N) is 1. The summed E-state index contributed by atoms with van der Waals surface area (Å²) in [6, 6.07) is 0.867. The van der Waals surface area contributed by atoms with E-state index in [1.54, 1.807) is 0 Å². The molecule has 0 aromatic heterocycles. The van der Waals surface area contributed by atoms with E-state index in [9.17, 15) is 0 Å². The normalized spacial score (nSPS) is 18.0. The zero-order valence-electron chi connectivity index (χ0n) is 11.0. The number of hydrogen-bond donors (Lipinski definition) is 1. The van der Waals surface area contributed by atoms with Gasteiger partial charge in [-0.25, -0.2) is 0 Å². The summed E-state index contributed by atoms with van der Waals surface area (Å²) in [7, 11) is 0. The van der Waals surface area contributed by atoms with Gasteiger partial charge in [-0.1, -0.05) is 13.3 Å². The molecule has 0 spiro atoms. The quantitative estimate of drug-likeness (QED) is 0.621. The van der Waals surface area contributed by atoms with Crippen molar-refractivity contribution in [2.75, 3.05) is 26.2 Å². The summed E-state index contributed by atoms with van der Waals surface area (Å²) in [5.41, 5.74) is 5.69. The molecule has 0 bridgehead atoms. The summed E-state index contributed by atoms with van der Waals surface area (Å²) < 4.78 is 5.59. The molecule has 1 saturated carbocycles. The summed E-state index contributed by atoms with van der Waals surface area (Å²) in [6.45, 7) is 8.14. The second-order valence-corrected chi connectivity index (χ2v) is 4.72. The van der Waals surface area contributed by atoms with Gasteiger partial charge in [0.2, 0.25) is 0 Å². The van der Waals surface area contributed by atoms with Crippen molar-refractivity contribution >= 4 is 0 Å². The maximum atomic E-state index is 5.69. The van der Waals surface area contributed by atoms with E-state index in [1.807, 2.05) is 6.92 Å². The molecular formula is C13H28N2O. The molecule has 0 aromatic carbocycles. The fourth-order valence-electron chi connectivity index (χ4n) is 2.09. The molecule has 3 nitrogen and oxygen atoms in total. The van der Waals surface area contributed by atoms with Crippen LogP contribution >= 0.6 is 0 Å². The molecule has 1 unspecified atom stereocenters. The first-order valence-electron chi connectivity index (χ1n) is 6.87. The van der Waals surface area contributed by atoms with Crippen molar-refractivity contribution < 1.29 is 4.74 Å². The van der Waals surface area contributed by atoms with Crippen molar-refractivity contribution in [2.24, 2.45) is 5.73 Å². The van der Waals surface area contributed by atoms with Gasteiger partial charge in [-0.2, -0.15) is 0 Å². The molecule has 0 aromatic rings. The zero-order valence-corrected chi connectivity index (χ0v) is 11.0. The lowest BCUT2D eigenvalue weighted by atomic mass is 10.2. The Morgan fingerprint density at radius 3 is 2.56 bits per heavy atom. The van der Waals surface area contributed by atoms with E-state index in [0.29, 0.717) is 6.54 Å². The Labute approximate surface area is 100 Å². The van der Waals surface area contributed by atoms with Gasteiger partial charge >= 0.3 is 0 Å². The van der Waals surface area contributed by atoms with E-state index >= 15 is 0 Å². The van der Waals surface area contributed by atoms with Crippen LogP contribution in [0.25, 0.3) is 0 Å². The third kappa shape index (κ3) is 5.28. The van der Waals surface area contributed by atoms with Crippen LogP contribution in [0.1, 0.15) is 46.0 Å². The molecule has 0 heterocycles. The molecule has 0 radical (unpaired) electrons. The second-order valence-electron chi connectivity index (χ2n) is 4.72. The molecule has 3 heteroatoms. The Morgan fingerprint density at radius 1 is 1.31 bits per heavy atom. The van der Waals surface area contributed by atoms with E-state index in [0.717, 1.165) is 25.6 Å². The first-order valence-corrected chi connectivity index (χ1v) is 6.87. The fraction of sp³-hybridized carbons (Fsp3) is 1.00. The van der Waals surface area contributed by atoms with Gasteiger partial charge < -0.3 is 15.4 Å². The minimum Gasteiger partial charge on any atom is -0.377 e. The van der Waals surface area contributed by atoms with Crippen LogP contribution in [0.3, 0.4) is 0 Å². The van der Waals surface area contributed by atoms with Crippen LogP contribution in [0, 0.1) is 0 Å². The van der Waals surface area contributed by atoms with Crippen molar-refractivity contribution in [1.29, 1.82) is 0 Å². The summed E-state index contributed by atoms with van der Waals surface area (Å²) in [6.07, 6.45) is 6.74. The van der Waals surface area contributed by atoms with Gasteiger partial charge in [0.05, 0.1) is 6.10 Å². The maximum Gasteiger partial charge on any atom is 0.0709 e. The fourth-order valence-corrected chi connectivity index (χ4v) is 2.09. The van der Waals surface area contributed by atoms with E-state index in [1.165, 1.54) is 32.2 Å². The minimum atomic E-state index is 0.257. The van der Waals surface area contributed by atoms with Gasteiger partial charge in [-0.15, -0.1) is 0 Å². The van der Waals surface area contributed by atoms with Gasteiger partial charge in [0.25, 0.3) is 0 Å². The number of hydrogen-bond acceptors (Lipinski definition) is 3. The highest BCUT2D eigenvalue weighted by atomic mass is 16.5. The molecule has 96 valence electrons. The average molecular weight is 228 g/mol. The Bertz CT molecular complexity index is 171. The standard InChI is InChI=1S/C13H28N2O/c1-3-5-9-15(12-6-7-12)10-8-13(11-14)16-4-2/h12-13H,3-11,14H2,1-2H3. The van der Waals surface area contributed by atoms with E-state index < -0.39 is 0 Å². The van der Waals surface area contributed by atoms with E-state index in [2.05, 4.69) is 11.8 Å². The summed E-state index contributed by atoms with van der Waals surface area (Å²) in [5.74, 6) is 0. The van der Waals surface area contributed by atoms with Gasteiger partial charge in [-0.3, -0.25) is 0 Å². The number of unbranched alkanes of at least 4 members (excludes halogenated alkanes) is 1. The number of rotatable bonds is 10. The SMILES string of the molecule is CCCCN(CCC(CN)OCC)C1CC1. The molecule has 1 fully saturated rings.